The largest absolute Gasteiger partial charge is 0.459 e. The van der Waals surface area contributed by atoms with Crippen LogP contribution >= 0.6 is 11.8 Å². The fraction of sp³-hybridized carbons (Fsp3) is 0.538. The number of carbonyl (C=O) groups is 4. The Morgan fingerprint density at radius 1 is 1.29 bits per heavy atom. The normalized spacial score (nSPS) is 12.9. The highest BCUT2D eigenvalue weighted by Gasteiger charge is 2.28. The van der Waals surface area contributed by atoms with Gasteiger partial charge >= 0.3 is 11.9 Å². The van der Waals surface area contributed by atoms with Crippen LogP contribution in [0.5, 0.6) is 0 Å². The van der Waals surface area contributed by atoms with Gasteiger partial charge in [-0.05, 0) is 0 Å². The molecule has 0 saturated heterocycles. The molecule has 0 saturated carbocycles. The number of esters is 2. The molecular weight excluding hydrogens is 298 g/mol. The molecule has 0 spiro atoms. The highest BCUT2D eigenvalue weighted by atomic mass is 32.2. The second-order valence-corrected chi connectivity index (χ2v) is 5.42. The van der Waals surface area contributed by atoms with Gasteiger partial charge in [0, 0.05) is 12.7 Å². The molecule has 0 fully saturated rings. The molecule has 0 unspecified atom stereocenters. The third-order valence-corrected chi connectivity index (χ3v) is 3.26. The molecule has 7 nitrogen and oxygen atoms in total. The summed E-state index contributed by atoms with van der Waals surface area (Å²) in [6.07, 6.45) is -0.513. The number of amides is 1. The minimum absolute atomic E-state index is 0.0681. The Labute approximate surface area is 127 Å². The van der Waals surface area contributed by atoms with Crippen molar-refractivity contribution in [3.05, 3.63) is 12.7 Å². The second-order valence-electron chi connectivity index (χ2n) is 4.22. The predicted molar refractivity (Wildman–Crippen MR) is 77.2 cm³/mol. The van der Waals surface area contributed by atoms with E-state index in [1.165, 1.54) is 13.0 Å². The SMILES string of the molecule is C=CCOC(=O)[C@H](CC(N)=O)OC(=O)[C@H](C)CSC(C)=O. The topological polar surface area (TPSA) is 113 Å². The Morgan fingerprint density at radius 2 is 1.90 bits per heavy atom. The lowest BCUT2D eigenvalue weighted by molar-refractivity contribution is -0.170. The van der Waals surface area contributed by atoms with Crippen LogP contribution in [-0.2, 0) is 28.7 Å². The molecule has 0 heterocycles. The smallest absolute Gasteiger partial charge is 0.348 e. The lowest BCUT2D eigenvalue weighted by Gasteiger charge is -2.17. The maximum absolute atomic E-state index is 11.8. The number of hydrogen-bond acceptors (Lipinski definition) is 7. The number of ether oxygens (including phenoxy) is 2. The number of primary amides is 1. The van der Waals surface area contributed by atoms with Crippen molar-refractivity contribution in [2.24, 2.45) is 11.7 Å². The molecule has 0 aromatic rings. The number of rotatable bonds is 9. The first-order valence-electron chi connectivity index (χ1n) is 6.17. The summed E-state index contributed by atoms with van der Waals surface area (Å²) in [5.74, 6) is -2.76. The van der Waals surface area contributed by atoms with Crippen LogP contribution in [0.1, 0.15) is 20.3 Å². The summed E-state index contributed by atoms with van der Waals surface area (Å²) in [5.41, 5.74) is 5.00. The van der Waals surface area contributed by atoms with Gasteiger partial charge in [0.2, 0.25) is 12.0 Å². The molecule has 2 N–H and O–H groups in total. The van der Waals surface area contributed by atoms with Gasteiger partial charge in [-0.2, -0.15) is 0 Å². The molecule has 0 aliphatic carbocycles. The fourth-order valence-corrected chi connectivity index (χ4v) is 1.78. The number of hydrogen-bond donors (Lipinski definition) is 1. The second kappa shape index (κ2) is 9.98. The molecule has 0 aliphatic heterocycles. The molecule has 0 aromatic carbocycles. The van der Waals surface area contributed by atoms with Crippen molar-refractivity contribution in [1.29, 1.82) is 0 Å². The Kier molecular flexibility index (Phi) is 9.11. The van der Waals surface area contributed by atoms with E-state index in [9.17, 15) is 19.2 Å². The van der Waals surface area contributed by atoms with Crippen LogP contribution in [0, 0.1) is 5.92 Å². The van der Waals surface area contributed by atoms with Gasteiger partial charge in [0.05, 0.1) is 12.3 Å². The minimum atomic E-state index is -1.39. The number of carbonyl (C=O) groups excluding carboxylic acids is 4. The average Bonchev–Trinajstić information content (AvgIpc) is 2.40. The van der Waals surface area contributed by atoms with Crippen LogP contribution in [0.4, 0.5) is 0 Å². The van der Waals surface area contributed by atoms with Gasteiger partial charge in [-0.25, -0.2) is 4.79 Å². The first-order valence-corrected chi connectivity index (χ1v) is 7.16. The molecule has 0 radical (unpaired) electrons. The molecule has 0 aliphatic rings. The van der Waals surface area contributed by atoms with Crippen LogP contribution in [0.2, 0.25) is 0 Å². The highest BCUT2D eigenvalue weighted by molar-refractivity contribution is 8.13. The van der Waals surface area contributed by atoms with Gasteiger partial charge < -0.3 is 15.2 Å². The molecule has 118 valence electrons. The summed E-state index contributed by atoms with van der Waals surface area (Å²) < 4.78 is 9.67. The first-order chi connectivity index (χ1) is 9.77. The van der Waals surface area contributed by atoms with Crippen LogP contribution < -0.4 is 5.73 Å². The molecule has 21 heavy (non-hydrogen) atoms. The van der Waals surface area contributed by atoms with Crippen molar-refractivity contribution in [1.82, 2.24) is 0 Å². The number of thioether (sulfide) groups is 1. The third kappa shape index (κ3) is 8.85. The summed E-state index contributed by atoms with van der Waals surface area (Å²) in [6, 6.07) is 0. The standard InChI is InChI=1S/C13H19NO6S/c1-4-5-19-13(18)10(6-11(14)16)20-12(17)8(2)7-21-9(3)15/h4,8,10H,1,5-7H2,2-3H3,(H2,14,16)/t8-,10+/m1/s1. The highest BCUT2D eigenvalue weighted by Crippen LogP contribution is 2.13. The summed E-state index contributed by atoms with van der Waals surface area (Å²) in [6.45, 7) is 6.23. The lowest BCUT2D eigenvalue weighted by atomic mass is 10.2. The zero-order valence-corrected chi connectivity index (χ0v) is 12.8. The molecule has 0 aromatic heterocycles. The van der Waals surface area contributed by atoms with Crippen LogP contribution in [0.25, 0.3) is 0 Å². The van der Waals surface area contributed by atoms with E-state index < -0.39 is 36.3 Å². The quantitative estimate of drug-likeness (QED) is 0.484. The van der Waals surface area contributed by atoms with Crippen molar-refractivity contribution in [3.63, 3.8) is 0 Å². The Hall–Kier alpha value is -1.83. The van der Waals surface area contributed by atoms with Crippen molar-refractivity contribution in [2.45, 2.75) is 26.4 Å². The van der Waals surface area contributed by atoms with Crippen LogP contribution in [0.15, 0.2) is 12.7 Å². The van der Waals surface area contributed by atoms with Crippen LogP contribution in [-0.4, -0.2) is 41.4 Å². The van der Waals surface area contributed by atoms with Crippen molar-refractivity contribution < 1.29 is 28.7 Å². The Bertz CT molecular complexity index is 423. The Morgan fingerprint density at radius 3 is 2.38 bits per heavy atom. The van der Waals surface area contributed by atoms with Crippen molar-refractivity contribution >= 4 is 34.7 Å². The van der Waals surface area contributed by atoms with Gasteiger partial charge in [0.1, 0.15) is 6.61 Å². The molecule has 0 bridgehead atoms. The van der Waals surface area contributed by atoms with Gasteiger partial charge in [-0.3, -0.25) is 14.4 Å². The van der Waals surface area contributed by atoms with E-state index in [-0.39, 0.29) is 17.5 Å². The molecular formula is C13H19NO6S. The van der Waals surface area contributed by atoms with E-state index in [1.54, 1.807) is 6.92 Å². The molecule has 2 atom stereocenters. The lowest BCUT2D eigenvalue weighted by Crippen LogP contribution is -2.35. The summed E-state index contributed by atoms with van der Waals surface area (Å²) >= 11 is 0.970. The third-order valence-electron chi connectivity index (χ3n) is 2.19. The maximum Gasteiger partial charge on any atom is 0.348 e. The maximum atomic E-state index is 11.8. The minimum Gasteiger partial charge on any atom is -0.459 e. The van der Waals surface area contributed by atoms with Crippen LogP contribution in [0.3, 0.4) is 0 Å². The van der Waals surface area contributed by atoms with Gasteiger partial charge in [0.25, 0.3) is 0 Å². The van der Waals surface area contributed by atoms with Crippen molar-refractivity contribution in [2.75, 3.05) is 12.4 Å². The molecule has 1 amide bonds. The zero-order valence-electron chi connectivity index (χ0n) is 12.0. The van der Waals surface area contributed by atoms with E-state index >= 15 is 0 Å². The van der Waals surface area contributed by atoms with Gasteiger partial charge in [-0.15, -0.1) is 0 Å². The number of nitrogens with two attached hydrogens (primary N) is 1. The van der Waals surface area contributed by atoms with E-state index in [2.05, 4.69) is 6.58 Å². The van der Waals surface area contributed by atoms with E-state index in [0.717, 1.165) is 11.8 Å². The first kappa shape index (κ1) is 19.2. The summed E-state index contributed by atoms with van der Waals surface area (Å²) in [4.78, 5) is 45.2. The fourth-order valence-electron chi connectivity index (χ4n) is 1.16. The average molecular weight is 317 g/mol. The van der Waals surface area contributed by atoms with Crippen molar-refractivity contribution in [3.8, 4) is 0 Å². The van der Waals surface area contributed by atoms with E-state index in [4.69, 9.17) is 15.2 Å². The monoisotopic (exact) mass is 317 g/mol. The van der Waals surface area contributed by atoms with Gasteiger partial charge in [-0.1, -0.05) is 31.3 Å². The summed E-state index contributed by atoms with van der Waals surface area (Å²) in [5, 5.41) is -0.131. The van der Waals surface area contributed by atoms with E-state index in [0.29, 0.717) is 0 Å². The zero-order chi connectivity index (χ0) is 16.4. The predicted octanol–water partition coefficient (Wildman–Crippen LogP) is 0.419. The van der Waals surface area contributed by atoms with Gasteiger partial charge in [0.15, 0.2) is 5.12 Å². The summed E-state index contributed by atoms with van der Waals surface area (Å²) in [7, 11) is 0. The van der Waals surface area contributed by atoms with E-state index in [1.807, 2.05) is 0 Å². The molecule has 0 rings (SSSR count). The Balaban J connectivity index is 4.60. The molecule has 8 heteroatoms.